The van der Waals surface area contributed by atoms with E-state index in [1.807, 2.05) is 6.92 Å². The fraction of sp³-hybridized carbons (Fsp3) is 0.941. The highest BCUT2D eigenvalue weighted by atomic mass is 16.6. The van der Waals surface area contributed by atoms with Crippen LogP contribution in [0, 0.1) is 0 Å². The molecule has 78 heavy (non-hydrogen) atoms. The van der Waals surface area contributed by atoms with Gasteiger partial charge in [0.15, 0.2) is 6.29 Å². The molecule has 0 aromatic heterocycles. The lowest BCUT2D eigenvalue weighted by Gasteiger charge is -2.11. The van der Waals surface area contributed by atoms with E-state index >= 15 is 0 Å². The van der Waals surface area contributed by atoms with Crippen LogP contribution in [0.2, 0.25) is 0 Å². The van der Waals surface area contributed by atoms with Crippen LogP contribution in [0.1, 0.15) is 6.92 Å². The van der Waals surface area contributed by atoms with Crippen LogP contribution in [-0.2, 0) is 114 Å². The predicted molar refractivity (Wildman–Crippen MR) is 281 cm³/mol. The Labute approximate surface area is 463 Å². The summed E-state index contributed by atoms with van der Waals surface area (Å²) < 4.78 is 125. The number of ether oxygens (including phenoxy) is 23. The summed E-state index contributed by atoms with van der Waals surface area (Å²) in [7, 11) is 0. The zero-order chi connectivity index (χ0) is 56.7. The van der Waals surface area contributed by atoms with Gasteiger partial charge in [0.2, 0.25) is 0 Å². The molecule has 0 radical (unpaired) electrons. The number of carboxylic acids is 1. The summed E-state index contributed by atoms with van der Waals surface area (Å²) in [6.07, 6.45) is -0.0636. The lowest BCUT2D eigenvalue weighted by molar-refractivity contribution is -0.138. The third-order valence-corrected chi connectivity index (χ3v) is 8.84. The number of hydrogen-bond donors (Lipinski definition) is 3. The molecule has 27 nitrogen and oxygen atoms in total. The van der Waals surface area contributed by atoms with Crippen molar-refractivity contribution in [1.29, 1.82) is 0 Å². The van der Waals surface area contributed by atoms with Gasteiger partial charge < -0.3 is 124 Å². The van der Waals surface area contributed by atoms with E-state index in [1.165, 1.54) is 0 Å². The molecule has 0 aliphatic heterocycles. The minimum absolute atomic E-state index is 0.0179. The summed E-state index contributed by atoms with van der Waals surface area (Å²) in [4.78, 5) is 9.25. The van der Waals surface area contributed by atoms with Crippen LogP contribution in [0.25, 0.3) is 0 Å². The first-order chi connectivity index (χ1) is 38.6. The summed E-state index contributed by atoms with van der Waals surface area (Å²) in [6.45, 7) is 25.9. The minimum Gasteiger partial charge on any atom is -0.478 e. The van der Waals surface area contributed by atoms with E-state index < -0.39 is 12.3 Å². The van der Waals surface area contributed by atoms with Gasteiger partial charge >= 0.3 is 5.97 Å². The second kappa shape index (κ2) is 75.2. The highest BCUT2D eigenvalue weighted by Crippen LogP contribution is 1.92. The molecule has 0 heterocycles. The molecular formula is C51H102O27. The van der Waals surface area contributed by atoms with Crippen molar-refractivity contribution in [2.45, 2.75) is 13.2 Å². The van der Waals surface area contributed by atoms with Crippen LogP contribution in [0.5, 0.6) is 0 Å². The van der Waals surface area contributed by atoms with Crippen molar-refractivity contribution < 1.29 is 129 Å². The normalized spacial score (nSPS) is 11.8. The molecule has 0 bridgehead atoms. The molecule has 1 atom stereocenters. The highest BCUT2D eigenvalue weighted by Gasteiger charge is 2.03. The Morgan fingerprint density at radius 1 is 0.308 bits per heavy atom. The smallest absolute Gasteiger partial charge is 0.327 e. The Bertz CT molecular complexity index is 1090. The van der Waals surface area contributed by atoms with Crippen LogP contribution in [-0.4, -0.2) is 331 Å². The fourth-order valence-corrected chi connectivity index (χ4v) is 5.11. The molecule has 0 saturated carbocycles. The summed E-state index contributed by atoms with van der Waals surface area (Å²) >= 11 is 0. The molecule has 27 heteroatoms. The molecular weight excluding hydrogens is 1040 g/mol. The highest BCUT2D eigenvalue weighted by molar-refractivity contribution is 5.78. The van der Waals surface area contributed by atoms with Gasteiger partial charge in [-0.1, -0.05) is 6.58 Å². The standard InChI is InChI=1S/C48H98O25.C3H4O2/c1-2-73-48(50)47-72-46-45-71-44-43-70-42-41-69-40-39-68-38-37-67-36-35-66-34-33-65-32-31-64-30-29-63-28-27-62-26-25-61-24-23-60-22-21-59-20-19-58-18-17-57-16-15-56-14-13-55-12-11-54-10-9-53-8-7-52-6-5-51-4-3-49;1-2-3(4)5/h48-50H,2-47H2,1H3;2H,1H2,(H,4,5). The van der Waals surface area contributed by atoms with Gasteiger partial charge in [0.25, 0.3) is 0 Å². The van der Waals surface area contributed by atoms with Crippen molar-refractivity contribution >= 4 is 5.97 Å². The SMILES string of the molecule is C=CC(=O)O.CCOC(O)COCCOCCOCCOCCOCCOCCOCCOCCOCCOCCOCCOCCOCCOCCOCCOCCOCCOCCOCCOCCOCCOCCO. The van der Waals surface area contributed by atoms with E-state index in [1.54, 1.807) is 0 Å². The molecule has 0 spiro atoms. The van der Waals surface area contributed by atoms with Gasteiger partial charge in [0, 0.05) is 12.7 Å². The molecule has 0 amide bonds. The van der Waals surface area contributed by atoms with Crippen LogP contribution < -0.4 is 0 Å². The Balaban J connectivity index is 0. The molecule has 0 aromatic carbocycles. The van der Waals surface area contributed by atoms with Gasteiger partial charge in [-0.15, -0.1) is 0 Å². The predicted octanol–water partition coefficient (Wildman–Crippen LogP) is -0.0442. The van der Waals surface area contributed by atoms with Crippen molar-refractivity contribution in [1.82, 2.24) is 0 Å². The Morgan fingerprint density at radius 2 is 0.436 bits per heavy atom. The van der Waals surface area contributed by atoms with Crippen molar-refractivity contribution in [2.75, 3.05) is 304 Å². The molecule has 468 valence electrons. The van der Waals surface area contributed by atoms with Crippen molar-refractivity contribution in [3.8, 4) is 0 Å². The molecule has 0 aromatic rings. The quantitative estimate of drug-likeness (QED) is 0.0409. The maximum atomic E-state index is 9.36. The number of carbonyl (C=O) groups is 1. The van der Waals surface area contributed by atoms with E-state index in [0.717, 1.165) is 6.08 Å². The van der Waals surface area contributed by atoms with E-state index in [0.29, 0.717) is 291 Å². The molecule has 3 N–H and O–H groups in total. The molecule has 0 aliphatic rings. The van der Waals surface area contributed by atoms with Gasteiger partial charge in [-0.05, 0) is 6.92 Å². The fourth-order valence-electron chi connectivity index (χ4n) is 5.11. The minimum atomic E-state index is -0.981. The second-order valence-corrected chi connectivity index (χ2v) is 15.1. The molecule has 0 fully saturated rings. The largest absolute Gasteiger partial charge is 0.478 e. The van der Waals surface area contributed by atoms with Crippen molar-refractivity contribution in [3.63, 3.8) is 0 Å². The third-order valence-electron chi connectivity index (χ3n) is 8.84. The average molecular weight is 1150 g/mol. The first kappa shape index (κ1) is 78.3. The maximum Gasteiger partial charge on any atom is 0.327 e. The molecule has 1 unspecified atom stereocenters. The first-order valence-corrected chi connectivity index (χ1v) is 27.0. The third kappa shape index (κ3) is 78.4. The van der Waals surface area contributed by atoms with E-state index in [4.69, 9.17) is 119 Å². The van der Waals surface area contributed by atoms with Gasteiger partial charge in [0.05, 0.1) is 297 Å². The van der Waals surface area contributed by atoms with Gasteiger partial charge in [-0.2, -0.15) is 0 Å². The van der Waals surface area contributed by atoms with Crippen molar-refractivity contribution in [3.05, 3.63) is 12.7 Å². The number of aliphatic carboxylic acids is 1. The van der Waals surface area contributed by atoms with Gasteiger partial charge in [-0.25, -0.2) is 4.79 Å². The number of carboxylic acid groups (broad SMARTS) is 1. The van der Waals surface area contributed by atoms with Gasteiger partial charge in [-0.3, -0.25) is 0 Å². The Kier molecular flexibility index (Phi) is 75.5. The van der Waals surface area contributed by atoms with Crippen LogP contribution in [0.15, 0.2) is 12.7 Å². The van der Waals surface area contributed by atoms with E-state index in [-0.39, 0.29) is 13.2 Å². The van der Waals surface area contributed by atoms with E-state index in [9.17, 15) is 9.90 Å². The van der Waals surface area contributed by atoms with Gasteiger partial charge in [0.1, 0.15) is 0 Å². The lowest BCUT2D eigenvalue weighted by atomic mass is 10.6. The Morgan fingerprint density at radius 3 is 0.551 bits per heavy atom. The zero-order valence-corrected chi connectivity index (χ0v) is 47.0. The summed E-state index contributed by atoms with van der Waals surface area (Å²) in [5, 5.41) is 25.6. The number of aliphatic hydroxyl groups excluding tert-OH is 2. The number of hydrogen-bond acceptors (Lipinski definition) is 26. The monoisotopic (exact) mass is 1150 g/mol. The molecule has 0 aliphatic carbocycles. The first-order valence-electron chi connectivity index (χ1n) is 27.0. The maximum absolute atomic E-state index is 9.36. The van der Waals surface area contributed by atoms with Crippen LogP contribution in [0.3, 0.4) is 0 Å². The second-order valence-electron chi connectivity index (χ2n) is 15.1. The lowest BCUT2D eigenvalue weighted by Crippen LogP contribution is -2.20. The number of rotatable bonds is 70. The topological polar surface area (TPSA) is 290 Å². The molecule has 0 rings (SSSR count). The van der Waals surface area contributed by atoms with Crippen molar-refractivity contribution in [2.24, 2.45) is 0 Å². The van der Waals surface area contributed by atoms with Crippen LogP contribution in [0.4, 0.5) is 0 Å². The average Bonchev–Trinajstić information content (AvgIpc) is 3.44. The number of aliphatic hydroxyl groups is 2. The van der Waals surface area contributed by atoms with Crippen LogP contribution >= 0.6 is 0 Å². The van der Waals surface area contributed by atoms with E-state index in [2.05, 4.69) is 6.58 Å². The summed E-state index contributed by atoms with van der Waals surface area (Å²) in [5.41, 5.74) is 0. The molecule has 0 saturated heterocycles. The summed E-state index contributed by atoms with van der Waals surface area (Å²) in [5.74, 6) is -0.981. The Hall–Kier alpha value is -1.79. The summed E-state index contributed by atoms with van der Waals surface area (Å²) in [6, 6.07) is 0. The zero-order valence-electron chi connectivity index (χ0n) is 47.0.